The summed E-state index contributed by atoms with van der Waals surface area (Å²) in [6, 6.07) is 4.41. The third-order valence-corrected chi connectivity index (χ3v) is 2.62. The SMILES string of the molecule is O=C(Cc1ccc(F)c(F)c1)Nc1cncc(C(=O)O)c1. The molecule has 0 spiro atoms. The van der Waals surface area contributed by atoms with Crippen molar-refractivity contribution in [3.63, 3.8) is 0 Å². The van der Waals surface area contributed by atoms with Crippen molar-refractivity contribution in [2.45, 2.75) is 6.42 Å². The molecule has 0 unspecified atom stereocenters. The predicted molar refractivity (Wildman–Crippen MR) is 69.9 cm³/mol. The van der Waals surface area contributed by atoms with E-state index in [4.69, 9.17) is 5.11 Å². The van der Waals surface area contributed by atoms with Crippen LogP contribution in [0.15, 0.2) is 36.7 Å². The molecule has 7 heteroatoms. The number of nitrogens with zero attached hydrogens (tertiary/aromatic N) is 1. The second kappa shape index (κ2) is 6.08. The zero-order chi connectivity index (χ0) is 15.4. The Morgan fingerprint density at radius 1 is 1.14 bits per heavy atom. The van der Waals surface area contributed by atoms with Crippen molar-refractivity contribution in [3.05, 3.63) is 59.4 Å². The summed E-state index contributed by atoms with van der Waals surface area (Å²) >= 11 is 0. The highest BCUT2D eigenvalue weighted by molar-refractivity contribution is 5.94. The first-order valence-corrected chi connectivity index (χ1v) is 5.88. The Labute approximate surface area is 118 Å². The van der Waals surface area contributed by atoms with Crippen LogP contribution in [0.3, 0.4) is 0 Å². The molecule has 0 atom stereocenters. The lowest BCUT2D eigenvalue weighted by Crippen LogP contribution is -2.15. The predicted octanol–water partition coefficient (Wildman–Crippen LogP) is 2.24. The molecule has 2 N–H and O–H groups in total. The Bertz CT molecular complexity index is 704. The van der Waals surface area contributed by atoms with Gasteiger partial charge in [-0.3, -0.25) is 9.78 Å². The van der Waals surface area contributed by atoms with Gasteiger partial charge in [0, 0.05) is 6.20 Å². The first-order chi connectivity index (χ1) is 9.95. The van der Waals surface area contributed by atoms with Crippen molar-refractivity contribution in [2.24, 2.45) is 0 Å². The van der Waals surface area contributed by atoms with Crippen LogP contribution >= 0.6 is 0 Å². The first-order valence-electron chi connectivity index (χ1n) is 5.88. The van der Waals surface area contributed by atoms with E-state index in [2.05, 4.69) is 10.3 Å². The number of rotatable bonds is 4. The highest BCUT2D eigenvalue weighted by atomic mass is 19.2. The number of amides is 1. The first kappa shape index (κ1) is 14.6. The van der Waals surface area contributed by atoms with Crippen molar-refractivity contribution in [2.75, 3.05) is 5.32 Å². The summed E-state index contributed by atoms with van der Waals surface area (Å²) in [5, 5.41) is 11.2. The Balaban J connectivity index is 2.06. The van der Waals surface area contributed by atoms with E-state index >= 15 is 0 Å². The number of anilines is 1. The Hall–Kier alpha value is -2.83. The van der Waals surface area contributed by atoms with Gasteiger partial charge in [0.25, 0.3) is 0 Å². The molecular formula is C14H10F2N2O3. The minimum Gasteiger partial charge on any atom is -0.478 e. The molecule has 108 valence electrons. The van der Waals surface area contributed by atoms with Crippen LogP contribution in [0, 0.1) is 11.6 Å². The topological polar surface area (TPSA) is 79.3 Å². The van der Waals surface area contributed by atoms with E-state index in [0.29, 0.717) is 5.56 Å². The summed E-state index contributed by atoms with van der Waals surface area (Å²) in [7, 11) is 0. The number of carbonyl (C=O) groups is 2. The average Bonchev–Trinajstić information content (AvgIpc) is 2.43. The van der Waals surface area contributed by atoms with Crippen LogP contribution in [0.2, 0.25) is 0 Å². The number of pyridine rings is 1. The van der Waals surface area contributed by atoms with Gasteiger partial charge in [0.15, 0.2) is 11.6 Å². The lowest BCUT2D eigenvalue weighted by molar-refractivity contribution is -0.115. The molecule has 0 aliphatic heterocycles. The van der Waals surface area contributed by atoms with Crippen molar-refractivity contribution in [3.8, 4) is 0 Å². The molecule has 5 nitrogen and oxygen atoms in total. The van der Waals surface area contributed by atoms with Gasteiger partial charge in [-0.1, -0.05) is 6.07 Å². The van der Waals surface area contributed by atoms with Gasteiger partial charge in [0.1, 0.15) is 0 Å². The molecule has 1 aromatic heterocycles. The number of hydrogen-bond acceptors (Lipinski definition) is 3. The fraction of sp³-hybridized carbons (Fsp3) is 0.0714. The summed E-state index contributed by atoms with van der Waals surface area (Å²) < 4.78 is 25.8. The number of aromatic nitrogens is 1. The Morgan fingerprint density at radius 2 is 1.90 bits per heavy atom. The molecule has 0 saturated carbocycles. The fourth-order valence-electron chi connectivity index (χ4n) is 1.67. The van der Waals surface area contributed by atoms with Crippen LogP contribution in [0.25, 0.3) is 0 Å². The number of nitrogens with one attached hydrogen (secondary N) is 1. The molecule has 1 heterocycles. The van der Waals surface area contributed by atoms with Crippen molar-refractivity contribution < 1.29 is 23.5 Å². The maximum absolute atomic E-state index is 13.0. The number of halogens is 2. The van der Waals surface area contributed by atoms with Crippen molar-refractivity contribution in [1.29, 1.82) is 0 Å². The monoisotopic (exact) mass is 292 g/mol. The van der Waals surface area contributed by atoms with E-state index in [0.717, 1.165) is 18.3 Å². The number of hydrogen-bond donors (Lipinski definition) is 2. The molecule has 1 amide bonds. The molecule has 0 bridgehead atoms. The van der Waals surface area contributed by atoms with Gasteiger partial charge in [-0.15, -0.1) is 0 Å². The molecule has 1 aromatic carbocycles. The molecule has 0 fully saturated rings. The van der Waals surface area contributed by atoms with Crippen LogP contribution < -0.4 is 5.32 Å². The molecule has 2 aromatic rings. The van der Waals surface area contributed by atoms with Crippen LogP contribution in [-0.2, 0) is 11.2 Å². The Morgan fingerprint density at radius 3 is 2.57 bits per heavy atom. The molecule has 0 aliphatic carbocycles. The average molecular weight is 292 g/mol. The van der Waals surface area contributed by atoms with Crippen LogP contribution in [-0.4, -0.2) is 22.0 Å². The normalized spacial score (nSPS) is 10.2. The van der Waals surface area contributed by atoms with E-state index in [-0.39, 0.29) is 17.7 Å². The van der Waals surface area contributed by atoms with Gasteiger partial charge in [0.2, 0.25) is 5.91 Å². The summed E-state index contributed by atoms with van der Waals surface area (Å²) in [4.78, 5) is 26.2. The number of carboxylic acid groups (broad SMARTS) is 1. The van der Waals surface area contributed by atoms with Crippen molar-refractivity contribution in [1.82, 2.24) is 4.98 Å². The molecule has 0 aliphatic rings. The second-order valence-electron chi connectivity index (χ2n) is 4.24. The zero-order valence-corrected chi connectivity index (χ0v) is 10.6. The minimum atomic E-state index is -1.17. The van der Waals surface area contributed by atoms with Gasteiger partial charge in [0.05, 0.1) is 23.9 Å². The fourth-order valence-corrected chi connectivity index (χ4v) is 1.67. The third kappa shape index (κ3) is 3.82. The highest BCUT2D eigenvalue weighted by Gasteiger charge is 2.09. The Kier molecular flexibility index (Phi) is 4.22. The van der Waals surface area contributed by atoms with Crippen LogP contribution in [0.5, 0.6) is 0 Å². The smallest absolute Gasteiger partial charge is 0.337 e. The summed E-state index contributed by atoms with van der Waals surface area (Å²) in [6.07, 6.45) is 2.26. The van der Waals surface area contributed by atoms with E-state index < -0.39 is 23.5 Å². The van der Waals surface area contributed by atoms with E-state index in [1.165, 1.54) is 18.3 Å². The second-order valence-corrected chi connectivity index (χ2v) is 4.24. The van der Waals surface area contributed by atoms with Crippen LogP contribution in [0.1, 0.15) is 15.9 Å². The number of benzene rings is 1. The van der Waals surface area contributed by atoms with Crippen molar-refractivity contribution >= 4 is 17.6 Å². The lowest BCUT2D eigenvalue weighted by atomic mass is 10.1. The summed E-state index contributed by atoms with van der Waals surface area (Å²) in [5.41, 5.74) is 0.442. The molecule has 21 heavy (non-hydrogen) atoms. The van der Waals surface area contributed by atoms with E-state index in [1.807, 2.05) is 0 Å². The van der Waals surface area contributed by atoms with Gasteiger partial charge >= 0.3 is 5.97 Å². The standard InChI is InChI=1S/C14H10F2N2O3/c15-11-2-1-8(3-12(11)16)4-13(19)18-10-5-9(14(20)21)6-17-7-10/h1-3,5-7H,4H2,(H,18,19)(H,20,21). The third-order valence-electron chi connectivity index (χ3n) is 2.62. The maximum atomic E-state index is 13.0. The van der Waals surface area contributed by atoms with Crippen LogP contribution in [0.4, 0.5) is 14.5 Å². The highest BCUT2D eigenvalue weighted by Crippen LogP contribution is 2.12. The maximum Gasteiger partial charge on any atom is 0.337 e. The largest absolute Gasteiger partial charge is 0.478 e. The van der Waals surface area contributed by atoms with Gasteiger partial charge in [-0.05, 0) is 23.8 Å². The molecular weight excluding hydrogens is 282 g/mol. The molecule has 0 radical (unpaired) electrons. The molecule has 0 saturated heterocycles. The number of carboxylic acids is 1. The van der Waals surface area contributed by atoms with E-state index in [1.54, 1.807) is 0 Å². The minimum absolute atomic E-state index is 0.0689. The zero-order valence-electron chi connectivity index (χ0n) is 10.6. The van der Waals surface area contributed by atoms with E-state index in [9.17, 15) is 18.4 Å². The summed E-state index contributed by atoms with van der Waals surface area (Å²) in [5.74, 6) is -3.68. The number of carbonyl (C=O) groups excluding carboxylic acids is 1. The van der Waals surface area contributed by atoms with Gasteiger partial charge in [-0.25, -0.2) is 13.6 Å². The summed E-state index contributed by atoms with van der Waals surface area (Å²) in [6.45, 7) is 0. The number of aromatic carboxylic acids is 1. The lowest BCUT2D eigenvalue weighted by Gasteiger charge is -2.06. The molecule has 2 rings (SSSR count). The van der Waals surface area contributed by atoms with Gasteiger partial charge in [-0.2, -0.15) is 0 Å². The quantitative estimate of drug-likeness (QED) is 0.905. The van der Waals surface area contributed by atoms with Gasteiger partial charge < -0.3 is 10.4 Å².